The van der Waals surface area contributed by atoms with Gasteiger partial charge < -0.3 is 14.2 Å². The first-order valence-corrected chi connectivity index (χ1v) is 8.93. The molecule has 24 heavy (non-hydrogen) atoms. The molecule has 1 saturated heterocycles. The fourth-order valence-electron chi connectivity index (χ4n) is 2.89. The maximum absolute atomic E-state index is 12.6. The van der Waals surface area contributed by atoms with Crippen LogP contribution in [0.1, 0.15) is 17.4 Å². The molecule has 2 aliphatic rings. The molecule has 0 bridgehead atoms. The number of furan rings is 1. The first kappa shape index (κ1) is 15.3. The number of piperazine rings is 1. The van der Waals surface area contributed by atoms with Crippen LogP contribution >= 0.6 is 11.8 Å². The van der Waals surface area contributed by atoms with Gasteiger partial charge >= 0.3 is 0 Å². The standard InChI is InChI=1S/C16H19N5O2S/c1-11-10-17-16(24-11)21-6-4-20(5-7-21)15(22)13-9-12(18-19-13)14-3-2-8-23-14/h2-3,8-9,11H,4-7,10H2,1H3,(H,18,19). The topological polar surface area (TPSA) is 77.7 Å². The van der Waals surface area contributed by atoms with Crippen molar-refractivity contribution in [3.8, 4) is 11.5 Å². The quantitative estimate of drug-likeness (QED) is 0.900. The lowest BCUT2D eigenvalue weighted by molar-refractivity contribution is 0.0687. The fourth-order valence-corrected chi connectivity index (χ4v) is 3.88. The first-order valence-electron chi connectivity index (χ1n) is 8.05. The van der Waals surface area contributed by atoms with Crippen molar-refractivity contribution in [2.75, 3.05) is 32.7 Å². The molecule has 0 spiro atoms. The van der Waals surface area contributed by atoms with Gasteiger partial charge in [0.15, 0.2) is 16.6 Å². The van der Waals surface area contributed by atoms with Crippen LogP contribution in [0.2, 0.25) is 0 Å². The Bertz CT molecular complexity index is 746. The van der Waals surface area contributed by atoms with Crippen LogP contribution in [0.25, 0.3) is 11.5 Å². The smallest absolute Gasteiger partial charge is 0.274 e. The fraction of sp³-hybridized carbons (Fsp3) is 0.438. The summed E-state index contributed by atoms with van der Waals surface area (Å²) in [7, 11) is 0. The number of carbonyl (C=O) groups is 1. The molecule has 2 aliphatic heterocycles. The summed E-state index contributed by atoms with van der Waals surface area (Å²) in [5, 5.41) is 8.68. The molecular weight excluding hydrogens is 326 g/mol. The van der Waals surface area contributed by atoms with Gasteiger partial charge in [-0.25, -0.2) is 0 Å². The Morgan fingerprint density at radius 3 is 2.88 bits per heavy atom. The Hall–Kier alpha value is -2.22. The molecule has 2 aromatic rings. The monoisotopic (exact) mass is 345 g/mol. The van der Waals surface area contributed by atoms with Gasteiger partial charge in [0, 0.05) is 37.5 Å². The van der Waals surface area contributed by atoms with E-state index in [1.54, 1.807) is 12.3 Å². The van der Waals surface area contributed by atoms with Gasteiger partial charge in [-0.05, 0) is 12.1 Å². The predicted octanol–water partition coefficient (Wildman–Crippen LogP) is 1.92. The van der Waals surface area contributed by atoms with Crippen molar-refractivity contribution in [1.82, 2.24) is 20.0 Å². The Morgan fingerprint density at radius 1 is 1.38 bits per heavy atom. The first-order chi connectivity index (χ1) is 11.7. The average Bonchev–Trinajstić information content (AvgIpc) is 3.35. The Morgan fingerprint density at radius 2 is 2.21 bits per heavy atom. The summed E-state index contributed by atoms with van der Waals surface area (Å²) in [6.07, 6.45) is 1.60. The minimum Gasteiger partial charge on any atom is -0.463 e. The second kappa shape index (κ2) is 6.35. The molecule has 7 nitrogen and oxygen atoms in total. The lowest BCUT2D eigenvalue weighted by atomic mass is 10.2. The van der Waals surface area contributed by atoms with E-state index in [1.807, 2.05) is 28.8 Å². The van der Waals surface area contributed by atoms with E-state index in [0.29, 0.717) is 35.5 Å². The van der Waals surface area contributed by atoms with Gasteiger partial charge in [0.1, 0.15) is 5.69 Å². The van der Waals surface area contributed by atoms with Gasteiger partial charge in [0.25, 0.3) is 5.91 Å². The van der Waals surface area contributed by atoms with E-state index in [-0.39, 0.29) is 5.91 Å². The molecule has 1 N–H and O–H groups in total. The summed E-state index contributed by atoms with van der Waals surface area (Å²) in [6.45, 7) is 6.10. The minimum absolute atomic E-state index is 0.0434. The van der Waals surface area contributed by atoms with Crippen molar-refractivity contribution in [2.45, 2.75) is 12.2 Å². The van der Waals surface area contributed by atoms with Gasteiger partial charge in [0.2, 0.25) is 0 Å². The van der Waals surface area contributed by atoms with Gasteiger partial charge in [-0.1, -0.05) is 18.7 Å². The van der Waals surface area contributed by atoms with Crippen LogP contribution in [-0.4, -0.2) is 69.0 Å². The lowest BCUT2D eigenvalue weighted by Gasteiger charge is -2.35. The van der Waals surface area contributed by atoms with E-state index in [2.05, 4.69) is 27.0 Å². The highest BCUT2D eigenvalue weighted by molar-refractivity contribution is 8.14. The predicted molar refractivity (Wildman–Crippen MR) is 93.1 cm³/mol. The van der Waals surface area contributed by atoms with E-state index >= 15 is 0 Å². The summed E-state index contributed by atoms with van der Waals surface area (Å²) in [5.41, 5.74) is 1.14. The third-order valence-electron chi connectivity index (χ3n) is 4.21. The van der Waals surface area contributed by atoms with E-state index < -0.39 is 0 Å². The molecule has 1 atom stereocenters. The number of thioether (sulfide) groups is 1. The summed E-state index contributed by atoms with van der Waals surface area (Å²) >= 11 is 1.82. The average molecular weight is 345 g/mol. The number of nitrogens with zero attached hydrogens (tertiary/aromatic N) is 4. The third-order valence-corrected chi connectivity index (χ3v) is 5.36. The van der Waals surface area contributed by atoms with E-state index in [4.69, 9.17) is 4.42 Å². The van der Waals surface area contributed by atoms with Gasteiger partial charge in [-0.3, -0.25) is 14.9 Å². The van der Waals surface area contributed by atoms with Crippen molar-refractivity contribution < 1.29 is 9.21 Å². The van der Waals surface area contributed by atoms with Gasteiger partial charge in [-0.2, -0.15) is 5.10 Å². The summed E-state index contributed by atoms with van der Waals surface area (Å²) in [6, 6.07) is 5.38. The number of aromatic nitrogens is 2. The van der Waals surface area contributed by atoms with Crippen molar-refractivity contribution in [3.05, 3.63) is 30.2 Å². The number of hydrogen-bond donors (Lipinski definition) is 1. The third kappa shape index (κ3) is 2.93. The lowest BCUT2D eigenvalue weighted by Crippen LogP contribution is -2.50. The zero-order chi connectivity index (χ0) is 16.5. The molecule has 0 radical (unpaired) electrons. The second-order valence-electron chi connectivity index (χ2n) is 5.98. The molecule has 2 aromatic heterocycles. The Balaban J connectivity index is 1.38. The molecule has 0 aliphatic carbocycles. The minimum atomic E-state index is -0.0434. The number of H-pyrrole nitrogens is 1. The summed E-state index contributed by atoms with van der Waals surface area (Å²) in [5.74, 6) is 0.634. The molecular formula is C16H19N5O2S. The van der Waals surface area contributed by atoms with Crippen molar-refractivity contribution in [3.63, 3.8) is 0 Å². The summed E-state index contributed by atoms with van der Waals surface area (Å²) < 4.78 is 5.32. The van der Waals surface area contributed by atoms with Crippen LogP contribution in [0.3, 0.4) is 0 Å². The molecule has 0 aromatic carbocycles. The van der Waals surface area contributed by atoms with E-state index in [0.717, 1.165) is 24.8 Å². The maximum Gasteiger partial charge on any atom is 0.274 e. The van der Waals surface area contributed by atoms with Crippen LogP contribution < -0.4 is 0 Å². The Kier molecular flexibility index (Phi) is 4.05. The van der Waals surface area contributed by atoms with Crippen LogP contribution in [0.5, 0.6) is 0 Å². The number of aliphatic imine (C=N–C) groups is 1. The molecule has 0 saturated carbocycles. The number of aromatic amines is 1. The molecule has 126 valence electrons. The van der Waals surface area contributed by atoms with Crippen LogP contribution in [0.15, 0.2) is 33.9 Å². The van der Waals surface area contributed by atoms with E-state index in [9.17, 15) is 4.79 Å². The van der Waals surface area contributed by atoms with Gasteiger partial charge in [-0.15, -0.1) is 0 Å². The van der Waals surface area contributed by atoms with E-state index in [1.165, 1.54) is 0 Å². The van der Waals surface area contributed by atoms with Crippen LogP contribution in [0, 0.1) is 0 Å². The highest BCUT2D eigenvalue weighted by Gasteiger charge is 2.28. The normalized spacial score (nSPS) is 21.2. The number of hydrogen-bond acceptors (Lipinski definition) is 6. The maximum atomic E-state index is 12.6. The SMILES string of the molecule is CC1CN=C(N2CCN(C(=O)c3cc(-c4ccco4)[nH]n3)CC2)S1. The molecule has 1 unspecified atom stereocenters. The number of nitrogens with one attached hydrogen (secondary N) is 1. The van der Waals surface area contributed by atoms with Crippen LogP contribution in [0.4, 0.5) is 0 Å². The molecule has 8 heteroatoms. The zero-order valence-electron chi connectivity index (χ0n) is 13.4. The molecule has 1 amide bonds. The highest BCUT2D eigenvalue weighted by atomic mass is 32.2. The van der Waals surface area contributed by atoms with Crippen molar-refractivity contribution in [2.24, 2.45) is 4.99 Å². The number of carbonyl (C=O) groups excluding carboxylic acids is 1. The zero-order valence-corrected chi connectivity index (χ0v) is 14.3. The van der Waals surface area contributed by atoms with Crippen molar-refractivity contribution in [1.29, 1.82) is 0 Å². The van der Waals surface area contributed by atoms with Gasteiger partial charge in [0.05, 0.1) is 12.8 Å². The molecule has 1 fully saturated rings. The van der Waals surface area contributed by atoms with Crippen molar-refractivity contribution >= 4 is 22.8 Å². The highest BCUT2D eigenvalue weighted by Crippen LogP contribution is 2.24. The Labute approximate surface area is 144 Å². The summed E-state index contributed by atoms with van der Waals surface area (Å²) in [4.78, 5) is 21.3. The molecule has 4 heterocycles. The number of amides is 1. The second-order valence-corrected chi connectivity index (χ2v) is 7.38. The molecule has 4 rings (SSSR count). The van der Waals surface area contributed by atoms with Crippen LogP contribution in [-0.2, 0) is 0 Å². The largest absolute Gasteiger partial charge is 0.463 e. The number of amidine groups is 1. The number of rotatable bonds is 2.